The number of rotatable bonds is 8. The molecule has 0 saturated heterocycles. The predicted molar refractivity (Wildman–Crippen MR) is 89.9 cm³/mol. The molecule has 1 atom stereocenters. The summed E-state index contributed by atoms with van der Waals surface area (Å²) in [6.45, 7) is 3.60. The van der Waals surface area contributed by atoms with Crippen molar-refractivity contribution in [2.24, 2.45) is 0 Å². The lowest BCUT2D eigenvalue weighted by molar-refractivity contribution is -0.138. The van der Waals surface area contributed by atoms with E-state index in [0.29, 0.717) is 0 Å². The molecule has 1 aromatic rings. The minimum Gasteiger partial charge on any atom is -0.481 e. The first-order chi connectivity index (χ1) is 10.8. The number of aliphatic carboxylic acids is 1. The summed E-state index contributed by atoms with van der Waals surface area (Å²) in [6.07, 6.45) is -0.0268. The Morgan fingerprint density at radius 3 is 2.39 bits per heavy atom. The quantitative estimate of drug-likeness (QED) is 0.637. The normalized spacial score (nSPS) is 11.8. The molecule has 1 rings (SSSR count). The maximum atomic E-state index is 12.2. The summed E-state index contributed by atoms with van der Waals surface area (Å²) in [4.78, 5) is 35.0. The molecule has 0 saturated carbocycles. The van der Waals surface area contributed by atoms with E-state index in [9.17, 15) is 14.4 Å². The molecule has 1 aromatic carbocycles. The zero-order chi connectivity index (χ0) is 17.4. The number of carboxylic acids is 1. The smallest absolute Gasteiger partial charge is 0.303 e. The third-order valence-corrected chi connectivity index (χ3v) is 3.81. The molecule has 0 radical (unpaired) electrons. The van der Waals surface area contributed by atoms with Crippen molar-refractivity contribution >= 4 is 33.7 Å². The van der Waals surface area contributed by atoms with Gasteiger partial charge in [-0.2, -0.15) is 0 Å². The van der Waals surface area contributed by atoms with Crippen LogP contribution < -0.4 is 10.6 Å². The van der Waals surface area contributed by atoms with Gasteiger partial charge in [-0.15, -0.1) is 0 Å². The Morgan fingerprint density at radius 2 is 1.83 bits per heavy atom. The summed E-state index contributed by atoms with van der Waals surface area (Å²) in [5, 5.41) is 14.1. The van der Waals surface area contributed by atoms with Crippen LogP contribution in [-0.2, 0) is 20.8 Å². The number of halogens is 1. The molecular formula is C16H21BrN2O4. The molecule has 0 bridgehead atoms. The molecule has 0 aromatic heterocycles. The Kier molecular flexibility index (Phi) is 7.74. The predicted octanol–water partition coefficient (Wildman–Crippen LogP) is 1.87. The highest BCUT2D eigenvalue weighted by Crippen LogP contribution is 2.16. The molecule has 0 unspecified atom stereocenters. The summed E-state index contributed by atoms with van der Waals surface area (Å²) >= 11 is 3.37. The third-order valence-electron chi connectivity index (χ3n) is 3.04. The minimum absolute atomic E-state index is 0.0512. The van der Waals surface area contributed by atoms with E-state index in [-0.39, 0.29) is 37.1 Å². The van der Waals surface area contributed by atoms with Crippen molar-refractivity contribution in [3.05, 3.63) is 34.3 Å². The average molecular weight is 385 g/mol. The number of carbonyl (C=O) groups excluding carboxylic acids is 2. The zero-order valence-corrected chi connectivity index (χ0v) is 14.7. The van der Waals surface area contributed by atoms with Crippen molar-refractivity contribution in [3.8, 4) is 0 Å². The van der Waals surface area contributed by atoms with E-state index in [0.717, 1.165) is 10.0 Å². The van der Waals surface area contributed by atoms with Crippen LogP contribution in [0.15, 0.2) is 28.7 Å². The van der Waals surface area contributed by atoms with Gasteiger partial charge >= 0.3 is 5.97 Å². The van der Waals surface area contributed by atoms with Gasteiger partial charge in [-0.05, 0) is 31.9 Å². The number of carboxylic acid groups (broad SMARTS) is 1. The minimum atomic E-state index is -1.01. The topological polar surface area (TPSA) is 95.5 Å². The molecule has 0 spiro atoms. The van der Waals surface area contributed by atoms with Gasteiger partial charge in [-0.25, -0.2) is 0 Å². The number of benzene rings is 1. The van der Waals surface area contributed by atoms with Crippen molar-refractivity contribution in [2.45, 2.75) is 45.2 Å². The standard InChI is InChI=1S/C16H21BrN2O4/c1-10(2)18-16(23)13(7-8-15(21)22)19-14(20)9-11-5-3-4-6-12(11)17/h3-6,10,13H,7-9H2,1-2H3,(H,18,23)(H,19,20)(H,21,22)/t13-/m0/s1. The number of amides is 2. The molecule has 0 aliphatic heterocycles. The van der Waals surface area contributed by atoms with E-state index in [1.807, 2.05) is 24.3 Å². The van der Waals surface area contributed by atoms with E-state index < -0.39 is 12.0 Å². The van der Waals surface area contributed by atoms with Crippen LogP contribution in [0.3, 0.4) is 0 Å². The molecule has 126 valence electrons. The lowest BCUT2D eigenvalue weighted by Crippen LogP contribution is -2.49. The molecular weight excluding hydrogens is 364 g/mol. The van der Waals surface area contributed by atoms with Crippen molar-refractivity contribution in [1.29, 1.82) is 0 Å². The Hall–Kier alpha value is -1.89. The third kappa shape index (κ3) is 7.27. The molecule has 2 amide bonds. The van der Waals surface area contributed by atoms with Gasteiger partial charge in [0.2, 0.25) is 11.8 Å². The second-order valence-corrected chi connectivity index (χ2v) is 6.34. The first kappa shape index (κ1) is 19.2. The van der Waals surface area contributed by atoms with Crippen LogP contribution in [0.1, 0.15) is 32.3 Å². The number of hydrogen-bond acceptors (Lipinski definition) is 3. The van der Waals surface area contributed by atoms with Crippen LogP contribution in [0.2, 0.25) is 0 Å². The average Bonchev–Trinajstić information content (AvgIpc) is 2.44. The van der Waals surface area contributed by atoms with E-state index in [1.165, 1.54) is 0 Å². The summed E-state index contributed by atoms with van der Waals surface area (Å²) in [5.74, 6) is -1.71. The highest BCUT2D eigenvalue weighted by Gasteiger charge is 2.22. The van der Waals surface area contributed by atoms with Crippen LogP contribution in [0, 0.1) is 0 Å². The molecule has 0 aliphatic carbocycles. The van der Waals surface area contributed by atoms with Crippen LogP contribution >= 0.6 is 15.9 Å². The van der Waals surface area contributed by atoms with Gasteiger partial charge in [-0.1, -0.05) is 34.1 Å². The van der Waals surface area contributed by atoms with Crippen molar-refractivity contribution in [2.75, 3.05) is 0 Å². The second kappa shape index (κ2) is 9.29. The fraction of sp³-hybridized carbons (Fsp3) is 0.438. The van der Waals surface area contributed by atoms with Crippen molar-refractivity contribution < 1.29 is 19.5 Å². The SMILES string of the molecule is CC(C)NC(=O)[C@H](CCC(=O)O)NC(=O)Cc1ccccc1Br. The molecule has 7 heteroatoms. The summed E-state index contributed by atoms with van der Waals surface area (Å²) in [5.41, 5.74) is 0.797. The highest BCUT2D eigenvalue weighted by molar-refractivity contribution is 9.10. The second-order valence-electron chi connectivity index (χ2n) is 5.48. The zero-order valence-electron chi connectivity index (χ0n) is 13.1. The lowest BCUT2D eigenvalue weighted by atomic mass is 10.1. The maximum absolute atomic E-state index is 12.2. The molecule has 3 N–H and O–H groups in total. The van der Waals surface area contributed by atoms with Crippen LogP contribution in [0.4, 0.5) is 0 Å². The van der Waals surface area contributed by atoms with Gasteiger partial charge in [0.25, 0.3) is 0 Å². The van der Waals surface area contributed by atoms with Crippen molar-refractivity contribution in [1.82, 2.24) is 10.6 Å². The van der Waals surface area contributed by atoms with Crippen LogP contribution in [0.25, 0.3) is 0 Å². The Morgan fingerprint density at radius 1 is 1.17 bits per heavy atom. The van der Waals surface area contributed by atoms with E-state index in [1.54, 1.807) is 13.8 Å². The fourth-order valence-electron chi connectivity index (χ4n) is 1.98. The number of hydrogen-bond donors (Lipinski definition) is 3. The summed E-state index contributed by atoms with van der Waals surface area (Å²) < 4.78 is 0.809. The first-order valence-electron chi connectivity index (χ1n) is 7.34. The van der Waals surface area contributed by atoms with Gasteiger partial charge in [0.15, 0.2) is 0 Å². The highest BCUT2D eigenvalue weighted by atomic mass is 79.9. The fourth-order valence-corrected chi connectivity index (χ4v) is 2.41. The molecule has 0 heterocycles. The van der Waals surface area contributed by atoms with Crippen LogP contribution in [0.5, 0.6) is 0 Å². The van der Waals surface area contributed by atoms with Crippen molar-refractivity contribution in [3.63, 3.8) is 0 Å². The molecule has 0 aliphatic rings. The monoisotopic (exact) mass is 384 g/mol. The first-order valence-corrected chi connectivity index (χ1v) is 8.13. The summed E-state index contributed by atoms with van der Waals surface area (Å²) in [6, 6.07) is 6.36. The molecule has 23 heavy (non-hydrogen) atoms. The van der Waals surface area contributed by atoms with Gasteiger partial charge in [0.05, 0.1) is 6.42 Å². The van der Waals surface area contributed by atoms with Gasteiger partial charge in [0, 0.05) is 16.9 Å². The Labute approximate surface area is 143 Å². The maximum Gasteiger partial charge on any atom is 0.303 e. The van der Waals surface area contributed by atoms with Gasteiger partial charge in [-0.3, -0.25) is 14.4 Å². The Balaban J connectivity index is 2.70. The largest absolute Gasteiger partial charge is 0.481 e. The van der Waals surface area contributed by atoms with E-state index in [4.69, 9.17) is 5.11 Å². The van der Waals surface area contributed by atoms with Gasteiger partial charge < -0.3 is 15.7 Å². The number of nitrogens with one attached hydrogen (secondary N) is 2. The number of carbonyl (C=O) groups is 3. The van der Waals surface area contributed by atoms with Gasteiger partial charge in [0.1, 0.15) is 6.04 Å². The van der Waals surface area contributed by atoms with Crippen LogP contribution in [-0.4, -0.2) is 35.0 Å². The molecule has 0 fully saturated rings. The summed E-state index contributed by atoms with van der Waals surface area (Å²) in [7, 11) is 0. The van der Waals surface area contributed by atoms with E-state index in [2.05, 4.69) is 26.6 Å². The van der Waals surface area contributed by atoms with E-state index >= 15 is 0 Å². The lowest BCUT2D eigenvalue weighted by Gasteiger charge is -2.19. The molecule has 6 nitrogen and oxygen atoms in total. The Bertz CT molecular complexity index is 575.